The van der Waals surface area contributed by atoms with Crippen LogP contribution in [0.25, 0.3) is 0 Å². The number of hydrogen-bond donors (Lipinski definition) is 2. The molecule has 20 heavy (non-hydrogen) atoms. The van der Waals surface area contributed by atoms with Crippen LogP contribution >= 0.6 is 11.3 Å². The van der Waals surface area contributed by atoms with Crippen molar-refractivity contribution in [2.24, 2.45) is 5.92 Å². The lowest BCUT2D eigenvalue weighted by atomic mass is 9.84. The Bertz CT molecular complexity index is 516. The van der Waals surface area contributed by atoms with Crippen molar-refractivity contribution < 1.29 is 13.5 Å². The second kappa shape index (κ2) is 7.02. The number of hydrogen-bond acceptors (Lipinski definition) is 4. The molecule has 1 fully saturated rings. The van der Waals surface area contributed by atoms with Crippen LogP contribution in [0, 0.1) is 5.92 Å². The molecule has 1 saturated carbocycles. The zero-order chi connectivity index (χ0) is 14.6. The van der Waals surface area contributed by atoms with Gasteiger partial charge >= 0.3 is 0 Å². The Hall–Kier alpha value is -0.430. The first-order chi connectivity index (χ1) is 9.56. The van der Waals surface area contributed by atoms with Gasteiger partial charge in [-0.3, -0.25) is 0 Å². The van der Waals surface area contributed by atoms with Crippen LogP contribution in [0.15, 0.2) is 16.3 Å². The molecule has 0 aliphatic heterocycles. The number of thiophene rings is 1. The molecule has 0 unspecified atom stereocenters. The molecule has 6 heteroatoms. The maximum absolute atomic E-state index is 12.3. The summed E-state index contributed by atoms with van der Waals surface area (Å²) < 4.78 is 27.5. The lowest BCUT2D eigenvalue weighted by Gasteiger charge is -2.28. The van der Waals surface area contributed by atoms with E-state index in [0.717, 1.165) is 31.6 Å². The topological polar surface area (TPSA) is 66.4 Å². The van der Waals surface area contributed by atoms with Crippen LogP contribution in [0.4, 0.5) is 0 Å². The summed E-state index contributed by atoms with van der Waals surface area (Å²) in [5.74, 6) is 0.759. The Morgan fingerprint density at radius 2 is 2.05 bits per heavy atom. The Kier molecular flexibility index (Phi) is 5.60. The molecule has 0 saturated heterocycles. The van der Waals surface area contributed by atoms with Gasteiger partial charge in [0.1, 0.15) is 0 Å². The van der Waals surface area contributed by atoms with Gasteiger partial charge in [0.15, 0.2) is 0 Å². The summed E-state index contributed by atoms with van der Waals surface area (Å²) in [7, 11) is -3.49. The van der Waals surface area contributed by atoms with Crippen molar-refractivity contribution in [1.82, 2.24) is 4.72 Å². The van der Waals surface area contributed by atoms with Crippen LogP contribution in [0.1, 0.15) is 50.3 Å². The highest BCUT2D eigenvalue weighted by atomic mass is 32.2. The summed E-state index contributed by atoms with van der Waals surface area (Å²) in [6.07, 6.45) is 6.51. The van der Waals surface area contributed by atoms with Crippen molar-refractivity contribution in [1.29, 1.82) is 0 Å². The van der Waals surface area contributed by atoms with E-state index in [-0.39, 0.29) is 17.5 Å². The van der Waals surface area contributed by atoms with Crippen LogP contribution in [0.2, 0.25) is 0 Å². The maximum Gasteiger partial charge on any atom is 0.242 e. The third-order valence-corrected chi connectivity index (χ3v) is 6.64. The highest BCUT2D eigenvalue weighted by molar-refractivity contribution is 7.89. The van der Waals surface area contributed by atoms with E-state index in [4.69, 9.17) is 0 Å². The normalized spacial score (nSPS) is 23.9. The van der Waals surface area contributed by atoms with Crippen LogP contribution in [0.5, 0.6) is 0 Å². The third-order valence-electron chi connectivity index (χ3n) is 4.00. The Balaban J connectivity index is 1.97. The molecular weight excluding hydrogens is 294 g/mol. The van der Waals surface area contributed by atoms with E-state index in [1.807, 2.05) is 0 Å². The first-order valence-electron chi connectivity index (χ1n) is 7.26. The summed E-state index contributed by atoms with van der Waals surface area (Å²) in [6, 6.07) is 1.61. The fourth-order valence-electron chi connectivity index (χ4n) is 2.94. The average Bonchev–Trinajstić information content (AvgIpc) is 2.90. The van der Waals surface area contributed by atoms with Gasteiger partial charge in [0.05, 0.1) is 11.5 Å². The quantitative estimate of drug-likeness (QED) is 0.848. The predicted octanol–water partition coefficient (Wildman–Crippen LogP) is 2.88. The van der Waals surface area contributed by atoms with Crippen LogP contribution in [0.3, 0.4) is 0 Å². The molecule has 1 aliphatic rings. The number of aliphatic hydroxyl groups is 1. The van der Waals surface area contributed by atoms with Crippen molar-refractivity contribution in [2.75, 3.05) is 0 Å². The first kappa shape index (κ1) is 15.9. The minimum Gasteiger partial charge on any atom is -0.391 e. The van der Waals surface area contributed by atoms with Crippen molar-refractivity contribution in [3.63, 3.8) is 0 Å². The molecule has 0 bridgehead atoms. The highest BCUT2D eigenvalue weighted by Gasteiger charge is 2.27. The predicted molar refractivity (Wildman–Crippen MR) is 81.2 cm³/mol. The fourth-order valence-corrected chi connectivity index (χ4v) is 5.54. The van der Waals surface area contributed by atoms with Gasteiger partial charge in [-0.2, -0.15) is 0 Å². The molecule has 4 nitrogen and oxygen atoms in total. The molecule has 2 N–H and O–H groups in total. The molecule has 1 heterocycles. The third kappa shape index (κ3) is 3.81. The van der Waals surface area contributed by atoms with Gasteiger partial charge in [-0.05, 0) is 43.0 Å². The van der Waals surface area contributed by atoms with E-state index in [1.54, 1.807) is 11.4 Å². The van der Waals surface area contributed by atoms with E-state index in [2.05, 4.69) is 11.6 Å². The lowest BCUT2D eigenvalue weighted by Crippen LogP contribution is -2.37. The maximum atomic E-state index is 12.3. The smallest absolute Gasteiger partial charge is 0.242 e. The van der Waals surface area contributed by atoms with Crippen molar-refractivity contribution >= 4 is 21.4 Å². The summed E-state index contributed by atoms with van der Waals surface area (Å²) >= 11 is 1.28. The van der Waals surface area contributed by atoms with Gasteiger partial charge in [0.2, 0.25) is 10.0 Å². The van der Waals surface area contributed by atoms with Gasteiger partial charge in [0.25, 0.3) is 0 Å². The average molecular weight is 317 g/mol. The summed E-state index contributed by atoms with van der Waals surface area (Å²) in [4.78, 5) is 0.748. The molecule has 1 aromatic heterocycles. The molecule has 2 rings (SSSR count). The van der Waals surface area contributed by atoms with Crippen LogP contribution in [-0.4, -0.2) is 19.6 Å². The number of sulfonamides is 1. The second-order valence-corrected chi connectivity index (χ2v) is 8.18. The largest absolute Gasteiger partial charge is 0.391 e. The monoisotopic (exact) mass is 317 g/mol. The number of aliphatic hydroxyl groups excluding tert-OH is 1. The van der Waals surface area contributed by atoms with Crippen molar-refractivity contribution in [3.05, 3.63) is 16.3 Å². The summed E-state index contributed by atoms with van der Waals surface area (Å²) in [6.45, 7) is 1.97. The van der Waals surface area contributed by atoms with Gasteiger partial charge in [-0.1, -0.05) is 19.8 Å². The number of nitrogens with one attached hydrogen (secondary N) is 1. The first-order valence-corrected chi connectivity index (χ1v) is 9.62. The molecule has 0 aromatic carbocycles. The minimum atomic E-state index is -3.49. The van der Waals surface area contributed by atoms with E-state index in [1.165, 1.54) is 24.2 Å². The molecule has 1 aliphatic carbocycles. The summed E-state index contributed by atoms with van der Waals surface area (Å²) in [5, 5.41) is 10.9. The lowest BCUT2D eigenvalue weighted by molar-refractivity contribution is 0.282. The molecule has 0 atom stereocenters. The minimum absolute atomic E-state index is 0.0412. The Morgan fingerprint density at radius 3 is 2.65 bits per heavy atom. The Labute approximate surface area is 125 Å². The van der Waals surface area contributed by atoms with E-state index in [9.17, 15) is 13.5 Å². The van der Waals surface area contributed by atoms with Crippen LogP contribution < -0.4 is 4.72 Å². The molecule has 0 radical (unpaired) electrons. The van der Waals surface area contributed by atoms with Crippen LogP contribution in [-0.2, 0) is 16.6 Å². The van der Waals surface area contributed by atoms with Gasteiger partial charge in [-0.15, -0.1) is 11.3 Å². The van der Waals surface area contributed by atoms with Gasteiger partial charge in [0, 0.05) is 10.9 Å². The molecule has 1 aromatic rings. The second-order valence-electron chi connectivity index (χ2n) is 5.49. The van der Waals surface area contributed by atoms with E-state index >= 15 is 0 Å². The molecule has 0 amide bonds. The van der Waals surface area contributed by atoms with Crippen molar-refractivity contribution in [3.8, 4) is 0 Å². The van der Waals surface area contributed by atoms with Gasteiger partial charge < -0.3 is 5.11 Å². The SMILES string of the molecule is CCCC1CCC(NS(=O)(=O)c2ccsc2CO)CC1. The highest BCUT2D eigenvalue weighted by Crippen LogP contribution is 2.29. The summed E-state index contributed by atoms with van der Waals surface area (Å²) in [5.41, 5.74) is 0. The fraction of sp³-hybridized carbons (Fsp3) is 0.714. The number of rotatable bonds is 6. The Morgan fingerprint density at radius 1 is 1.35 bits per heavy atom. The zero-order valence-corrected chi connectivity index (χ0v) is 13.5. The molecule has 114 valence electrons. The van der Waals surface area contributed by atoms with E-state index < -0.39 is 10.0 Å². The standard InChI is InChI=1S/C14H23NO3S2/c1-2-3-11-4-6-12(7-5-11)15-20(17,18)14-8-9-19-13(14)10-16/h8-9,11-12,15-16H,2-7,10H2,1H3. The van der Waals surface area contributed by atoms with E-state index in [0.29, 0.717) is 4.88 Å². The molecule has 0 spiro atoms. The van der Waals surface area contributed by atoms with Gasteiger partial charge in [-0.25, -0.2) is 13.1 Å². The van der Waals surface area contributed by atoms with Crippen molar-refractivity contribution in [2.45, 2.75) is 63.0 Å². The zero-order valence-electron chi connectivity index (χ0n) is 11.8. The molecular formula is C14H23NO3S2.